The Morgan fingerprint density at radius 1 is 0.833 bits per heavy atom. The van der Waals surface area contributed by atoms with E-state index in [9.17, 15) is 19.2 Å². The molecule has 0 fully saturated rings. The topological polar surface area (TPSA) is 135 Å². The Balaban J connectivity index is 2.48. The molecule has 2 aromatic carbocycles. The van der Waals surface area contributed by atoms with E-state index in [1.165, 1.54) is 19.1 Å². The van der Waals surface area contributed by atoms with Crippen molar-refractivity contribution in [2.24, 2.45) is 4.99 Å². The molecular weight excluding hydrogens is 464 g/mol. The first-order valence-corrected chi connectivity index (χ1v) is 11.7. The lowest BCUT2D eigenvalue weighted by molar-refractivity contribution is -0.114. The molecule has 0 saturated carbocycles. The molecule has 0 aromatic heterocycles. The minimum atomic E-state index is -0.843. The van der Waals surface area contributed by atoms with Gasteiger partial charge in [-0.1, -0.05) is 44.2 Å². The van der Waals surface area contributed by atoms with E-state index in [-0.39, 0.29) is 46.8 Å². The summed E-state index contributed by atoms with van der Waals surface area (Å²) in [5, 5.41) is 7.41. The molecular formula is C26H32N4O6. The molecule has 10 nitrogen and oxygen atoms in total. The number of hydrogen-bond donors (Lipinski definition) is 3. The molecule has 2 atom stereocenters. The summed E-state index contributed by atoms with van der Waals surface area (Å²) in [7, 11) is 0. The molecule has 0 heterocycles. The molecule has 0 radical (unpaired) electrons. The van der Waals surface area contributed by atoms with Crippen LogP contribution < -0.4 is 16.0 Å². The lowest BCUT2D eigenvalue weighted by Crippen LogP contribution is -2.45. The van der Waals surface area contributed by atoms with Gasteiger partial charge in [-0.15, -0.1) is 0 Å². The Kier molecular flexibility index (Phi) is 10.6. The van der Waals surface area contributed by atoms with Gasteiger partial charge in [-0.05, 0) is 44.9 Å². The van der Waals surface area contributed by atoms with Gasteiger partial charge >= 0.3 is 12.2 Å². The quantitative estimate of drug-likeness (QED) is 0.270. The maximum atomic E-state index is 13.0. The van der Waals surface area contributed by atoms with E-state index >= 15 is 0 Å². The predicted molar refractivity (Wildman–Crippen MR) is 136 cm³/mol. The number of benzene rings is 2. The van der Waals surface area contributed by atoms with Gasteiger partial charge in [0.1, 0.15) is 12.2 Å². The van der Waals surface area contributed by atoms with Crippen LogP contribution in [-0.2, 0) is 14.3 Å². The fourth-order valence-corrected chi connectivity index (χ4v) is 2.81. The summed E-state index contributed by atoms with van der Waals surface area (Å²) < 4.78 is 10.4. The number of hydrogen-bond acceptors (Lipinski definition) is 7. The molecule has 2 aromatic rings. The van der Waals surface area contributed by atoms with Crippen LogP contribution in [0, 0.1) is 0 Å². The van der Waals surface area contributed by atoms with E-state index < -0.39 is 12.2 Å². The first-order chi connectivity index (χ1) is 17.1. The van der Waals surface area contributed by atoms with Crippen molar-refractivity contribution in [1.29, 1.82) is 0 Å². The number of guanidine groups is 1. The highest BCUT2D eigenvalue weighted by molar-refractivity contribution is 6.10. The van der Waals surface area contributed by atoms with Gasteiger partial charge in [0.25, 0.3) is 0 Å². The molecule has 0 bridgehead atoms. The lowest BCUT2D eigenvalue weighted by Gasteiger charge is -2.16. The van der Waals surface area contributed by atoms with E-state index in [1.54, 1.807) is 50.2 Å². The zero-order valence-electron chi connectivity index (χ0n) is 21.1. The van der Waals surface area contributed by atoms with Gasteiger partial charge in [-0.3, -0.25) is 20.2 Å². The average Bonchev–Trinajstić information content (AvgIpc) is 2.84. The van der Waals surface area contributed by atoms with Crippen LogP contribution in [0.2, 0.25) is 0 Å². The van der Waals surface area contributed by atoms with Crippen LogP contribution in [0.4, 0.5) is 21.0 Å². The van der Waals surface area contributed by atoms with Crippen LogP contribution >= 0.6 is 0 Å². The highest BCUT2D eigenvalue weighted by Crippen LogP contribution is 2.28. The van der Waals surface area contributed by atoms with E-state index in [0.717, 1.165) is 0 Å². The second-order valence-electron chi connectivity index (χ2n) is 8.07. The number of alkyl carbamates (subject to hydrolysis) is 2. The SMILES string of the molecule is CCC(C)OC(=O)NC(=Nc1cc(C(=O)c2ccccc2)ccc1NC(C)=O)NC(=O)OC(C)CC. The molecule has 192 valence electrons. The van der Waals surface area contributed by atoms with Crippen molar-refractivity contribution in [2.75, 3.05) is 5.32 Å². The third kappa shape index (κ3) is 8.86. The normalized spacial score (nSPS) is 11.9. The summed E-state index contributed by atoms with van der Waals surface area (Å²) in [6.07, 6.45) is -1.27. The van der Waals surface area contributed by atoms with Crippen LogP contribution in [0.3, 0.4) is 0 Å². The Labute approximate surface area is 210 Å². The molecule has 0 aliphatic heterocycles. The summed E-state index contributed by atoms with van der Waals surface area (Å²) >= 11 is 0. The number of nitrogens with one attached hydrogen (secondary N) is 3. The smallest absolute Gasteiger partial charge is 0.414 e. The van der Waals surface area contributed by atoms with Gasteiger partial charge in [0.05, 0.1) is 11.4 Å². The molecule has 2 unspecified atom stereocenters. The fraction of sp³-hybridized carbons (Fsp3) is 0.346. The average molecular weight is 497 g/mol. The van der Waals surface area contributed by atoms with Crippen molar-refractivity contribution in [2.45, 2.75) is 59.7 Å². The first kappa shape index (κ1) is 28.0. The summed E-state index contributed by atoms with van der Waals surface area (Å²) in [5.74, 6) is -0.938. The molecule has 3 amide bonds. The van der Waals surface area contributed by atoms with Crippen molar-refractivity contribution in [3.63, 3.8) is 0 Å². The third-order valence-corrected chi connectivity index (χ3v) is 5.05. The number of carbonyl (C=O) groups excluding carboxylic acids is 4. The Hall–Kier alpha value is -4.21. The molecule has 0 aliphatic rings. The second kappa shape index (κ2) is 13.6. The predicted octanol–water partition coefficient (Wildman–Crippen LogP) is 4.91. The number of nitrogens with zero attached hydrogens (tertiary/aromatic N) is 1. The minimum Gasteiger partial charge on any atom is -0.446 e. The highest BCUT2D eigenvalue weighted by atomic mass is 16.6. The molecule has 0 aliphatic carbocycles. The monoisotopic (exact) mass is 496 g/mol. The maximum Gasteiger partial charge on any atom is 0.414 e. The van der Waals surface area contributed by atoms with Crippen LogP contribution in [-0.4, -0.2) is 42.0 Å². The summed E-state index contributed by atoms with van der Waals surface area (Å²) in [6, 6.07) is 13.2. The Morgan fingerprint density at radius 3 is 1.89 bits per heavy atom. The number of rotatable bonds is 8. The minimum absolute atomic E-state index is 0.120. The van der Waals surface area contributed by atoms with E-state index in [4.69, 9.17) is 9.47 Å². The summed E-state index contributed by atoms with van der Waals surface area (Å²) in [6.45, 7) is 8.46. The third-order valence-electron chi connectivity index (χ3n) is 5.05. The Morgan fingerprint density at radius 2 is 1.39 bits per heavy atom. The zero-order valence-corrected chi connectivity index (χ0v) is 21.1. The van der Waals surface area contributed by atoms with Gasteiger partial charge < -0.3 is 14.8 Å². The highest BCUT2D eigenvalue weighted by Gasteiger charge is 2.18. The van der Waals surface area contributed by atoms with Crippen LogP contribution in [0.1, 0.15) is 63.4 Å². The van der Waals surface area contributed by atoms with E-state index in [2.05, 4.69) is 20.9 Å². The van der Waals surface area contributed by atoms with Gasteiger partial charge in [-0.2, -0.15) is 0 Å². The molecule has 10 heteroatoms. The number of ketones is 1. The van der Waals surface area contributed by atoms with Crippen LogP contribution in [0.15, 0.2) is 53.5 Å². The summed E-state index contributed by atoms with van der Waals surface area (Å²) in [4.78, 5) is 53.8. The largest absolute Gasteiger partial charge is 0.446 e. The molecule has 0 spiro atoms. The standard InChI is InChI=1S/C26H32N4O6/c1-6-16(3)35-25(33)29-24(30-26(34)36-17(4)7-2)28-22-15-20(13-14-21(22)27-18(5)31)23(32)19-11-9-8-10-12-19/h8-17H,6-7H2,1-5H3,(H,27,31)(H2,28,29,30,33,34). The number of anilines is 1. The number of ether oxygens (including phenoxy) is 2. The number of carbonyl (C=O) groups is 4. The van der Waals surface area contributed by atoms with Crippen molar-refractivity contribution < 1.29 is 28.7 Å². The maximum absolute atomic E-state index is 13.0. The molecule has 2 rings (SSSR count). The van der Waals surface area contributed by atoms with Crippen molar-refractivity contribution in [3.05, 3.63) is 59.7 Å². The van der Waals surface area contributed by atoms with Crippen LogP contribution in [0.5, 0.6) is 0 Å². The first-order valence-electron chi connectivity index (χ1n) is 11.7. The second-order valence-corrected chi connectivity index (χ2v) is 8.07. The van der Waals surface area contributed by atoms with Gasteiger partial charge in [0, 0.05) is 18.1 Å². The van der Waals surface area contributed by atoms with Gasteiger partial charge in [-0.25, -0.2) is 14.6 Å². The number of aliphatic imine (C=N–C) groups is 1. The Bertz CT molecular complexity index is 1090. The molecule has 3 N–H and O–H groups in total. The molecule has 36 heavy (non-hydrogen) atoms. The zero-order chi connectivity index (χ0) is 26.7. The van der Waals surface area contributed by atoms with Crippen molar-refractivity contribution in [1.82, 2.24) is 10.6 Å². The summed E-state index contributed by atoms with van der Waals surface area (Å²) in [5.41, 5.74) is 1.14. The molecule has 0 saturated heterocycles. The van der Waals surface area contributed by atoms with Gasteiger partial charge in [0.15, 0.2) is 5.78 Å². The number of amides is 3. The lowest BCUT2D eigenvalue weighted by atomic mass is 10.0. The van der Waals surface area contributed by atoms with Crippen LogP contribution in [0.25, 0.3) is 0 Å². The fourth-order valence-electron chi connectivity index (χ4n) is 2.81. The van der Waals surface area contributed by atoms with Crippen molar-refractivity contribution in [3.8, 4) is 0 Å². The van der Waals surface area contributed by atoms with Crippen molar-refractivity contribution >= 4 is 41.2 Å². The van der Waals surface area contributed by atoms with E-state index in [1.807, 2.05) is 13.8 Å². The van der Waals surface area contributed by atoms with Gasteiger partial charge in [0.2, 0.25) is 11.9 Å². The van der Waals surface area contributed by atoms with E-state index in [0.29, 0.717) is 18.4 Å².